The van der Waals surface area contributed by atoms with Crippen LogP contribution in [0.1, 0.15) is 31.2 Å². The zero-order valence-electron chi connectivity index (χ0n) is 13.8. The van der Waals surface area contributed by atoms with Crippen LogP contribution in [0.4, 0.5) is 8.78 Å². The van der Waals surface area contributed by atoms with E-state index in [0.29, 0.717) is 24.8 Å². The average molecular weight is 410 g/mol. The van der Waals surface area contributed by atoms with Crippen molar-refractivity contribution in [1.82, 2.24) is 14.8 Å². The predicted molar refractivity (Wildman–Crippen MR) is 97.2 cm³/mol. The van der Waals surface area contributed by atoms with E-state index in [1.807, 2.05) is 23.7 Å². The van der Waals surface area contributed by atoms with Crippen molar-refractivity contribution in [3.05, 3.63) is 38.7 Å². The molecule has 7 heteroatoms. The monoisotopic (exact) mass is 409 g/mol. The average Bonchev–Trinajstić information content (AvgIpc) is 2.96. The van der Waals surface area contributed by atoms with Gasteiger partial charge in [0, 0.05) is 29.2 Å². The summed E-state index contributed by atoms with van der Waals surface area (Å²) in [6.07, 6.45) is 2.40. The van der Waals surface area contributed by atoms with Crippen LogP contribution >= 0.6 is 15.9 Å². The van der Waals surface area contributed by atoms with Crippen molar-refractivity contribution < 1.29 is 8.78 Å². The Morgan fingerprint density at radius 3 is 2.76 bits per heavy atom. The number of nitrogens with one attached hydrogen (secondary N) is 1. The van der Waals surface area contributed by atoms with Gasteiger partial charge in [-0.3, -0.25) is 9.48 Å². The number of rotatable bonds is 2. The first kappa shape index (κ1) is 16.7. The Bertz CT molecular complexity index is 1010. The van der Waals surface area contributed by atoms with Crippen molar-refractivity contribution in [2.75, 3.05) is 0 Å². The zero-order valence-corrected chi connectivity index (χ0v) is 15.4. The van der Waals surface area contributed by atoms with Gasteiger partial charge in [0.2, 0.25) is 5.92 Å². The van der Waals surface area contributed by atoms with Gasteiger partial charge in [0.1, 0.15) is 0 Å². The Morgan fingerprint density at radius 1 is 1.32 bits per heavy atom. The third-order valence-corrected chi connectivity index (χ3v) is 6.01. The molecule has 0 unspecified atom stereocenters. The minimum absolute atomic E-state index is 0.0665. The largest absolute Gasteiger partial charge is 0.321 e. The van der Waals surface area contributed by atoms with Gasteiger partial charge in [0.25, 0.3) is 5.56 Å². The van der Waals surface area contributed by atoms with Crippen LogP contribution in [0.3, 0.4) is 0 Å². The number of hydrogen-bond donors (Lipinski definition) is 1. The fraction of sp³-hybridized carbons (Fsp3) is 0.444. The zero-order chi connectivity index (χ0) is 17.8. The van der Waals surface area contributed by atoms with Gasteiger partial charge in [0.05, 0.1) is 22.6 Å². The lowest BCUT2D eigenvalue weighted by Gasteiger charge is -2.28. The van der Waals surface area contributed by atoms with Crippen LogP contribution in [0.15, 0.2) is 27.6 Å². The van der Waals surface area contributed by atoms with Crippen LogP contribution in [0.25, 0.3) is 21.8 Å². The maximum atomic E-state index is 13.4. The molecule has 4 rings (SSSR count). The molecule has 25 heavy (non-hydrogen) atoms. The molecule has 0 spiro atoms. The van der Waals surface area contributed by atoms with Crippen LogP contribution in [-0.4, -0.2) is 20.7 Å². The molecule has 0 saturated heterocycles. The van der Waals surface area contributed by atoms with Crippen molar-refractivity contribution in [1.29, 1.82) is 0 Å². The van der Waals surface area contributed by atoms with Crippen LogP contribution in [0.5, 0.6) is 0 Å². The van der Waals surface area contributed by atoms with Gasteiger partial charge >= 0.3 is 0 Å². The van der Waals surface area contributed by atoms with E-state index in [1.54, 1.807) is 6.20 Å². The molecule has 0 bridgehead atoms. The smallest absolute Gasteiger partial charge is 0.259 e. The number of fused-ring (bicyclic) bond motifs is 3. The van der Waals surface area contributed by atoms with Gasteiger partial charge < -0.3 is 4.98 Å². The lowest BCUT2D eigenvalue weighted by molar-refractivity contribution is -0.0475. The normalized spacial score (nSPS) is 18.2. The highest BCUT2D eigenvalue weighted by atomic mass is 79.9. The first-order chi connectivity index (χ1) is 11.8. The van der Waals surface area contributed by atoms with Crippen molar-refractivity contribution in [3.63, 3.8) is 0 Å². The first-order valence-electron chi connectivity index (χ1n) is 8.39. The number of halogens is 3. The van der Waals surface area contributed by atoms with Gasteiger partial charge in [-0.25, -0.2) is 8.78 Å². The van der Waals surface area contributed by atoms with E-state index in [1.165, 1.54) is 0 Å². The molecule has 1 fully saturated rings. The molecule has 4 nitrogen and oxygen atoms in total. The van der Waals surface area contributed by atoms with E-state index >= 15 is 0 Å². The quantitative estimate of drug-likeness (QED) is 0.662. The molecule has 132 valence electrons. The Balaban J connectivity index is 1.80. The van der Waals surface area contributed by atoms with E-state index in [2.05, 4.69) is 26.0 Å². The standard InChI is InChI=1S/C18H18BrF2N3O/c1-10-6-15-12(7-14(10)19)16-13(17(25)23-15)8-22-24(16)9-11-2-4-18(20,21)5-3-11/h6-8,11H,2-5,9H2,1H3,(H,23,25). The van der Waals surface area contributed by atoms with E-state index < -0.39 is 5.92 Å². The topological polar surface area (TPSA) is 50.7 Å². The molecular weight excluding hydrogens is 392 g/mol. The molecule has 0 aliphatic heterocycles. The van der Waals surface area contributed by atoms with Crippen molar-refractivity contribution in [2.24, 2.45) is 5.92 Å². The molecule has 0 atom stereocenters. The lowest BCUT2D eigenvalue weighted by Crippen LogP contribution is -2.27. The third-order valence-electron chi connectivity index (χ3n) is 5.15. The van der Waals surface area contributed by atoms with Gasteiger partial charge in [-0.1, -0.05) is 15.9 Å². The number of hydrogen-bond acceptors (Lipinski definition) is 2. The van der Waals surface area contributed by atoms with E-state index in [4.69, 9.17) is 0 Å². The number of benzene rings is 1. The second-order valence-corrected chi connectivity index (χ2v) is 7.84. The SMILES string of the molecule is Cc1cc2[nH]c(=O)c3cnn(CC4CCC(F)(F)CC4)c3c2cc1Br. The number of alkyl halides is 2. The molecule has 2 heterocycles. The summed E-state index contributed by atoms with van der Waals surface area (Å²) < 4.78 is 29.5. The van der Waals surface area contributed by atoms with Crippen LogP contribution in [0.2, 0.25) is 0 Å². The van der Waals surface area contributed by atoms with Crippen molar-refractivity contribution in [2.45, 2.75) is 45.1 Å². The van der Waals surface area contributed by atoms with Crippen LogP contribution in [0, 0.1) is 12.8 Å². The number of aromatic amines is 1. The maximum absolute atomic E-state index is 13.4. The summed E-state index contributed by atoms with van der Waals surface area (Å²) in [4.78, 5) is 15.3. The van der Waals surface area contributed by atoms with Gasteiger partial charge in [-0.2, -0.15) is 5.10 Å². The summed E-state index contributed by atoms with van der Waals surface area (Å²) in [5, 5.41) is 5.82. The van der Waals surface area contributed by atoms with Crippen LogP contribution < -0.4 is 5.56 Å². The molecule has 2 aromatic heterocycles. The van der Waals surface area contributed by atoms with E-state index in [9.17, 15) is 13.6 Å². The summed E-state index contributed by atoms with van der Waals surface area (Å²) in [5.41, 5.74) is 2.39. The summed E-state index contributed by atoms with van der Waals surface area (Å²) >= 11 is 3.54. The highest BCUT2D eigenvalue weighted by molar-refractivity contribution is 9.10. The van der Waals surface area contributed by atoms with Gasteiger partial charge in [-0.05, 0) is 43.4 Å². The molecule has 3 aromatic rings. The fourth-order valence-corrected chi connectivity index (χ4v) is 4.02. The minimum Gasteiger partial charge on any atom is -0.321 e. The molecule has 1 saturated carbocycles. The first-order valence-corrected chi connectivity index (χ1v) is 9.19. The second-order valence-electron chi connectivity index (χ2n) is 6.99. The summed E-state index contributed by atoms with van der Waals surface area (Å²) in [6, 6.07) is 3.91. The molecule has 0 radical (unpaired) electrons. The molecular formula is C18H18BrF2N3O. The summed E-state index contributed by atoms with van der Waals surface area (Å²) in [6.45, 7) is 2.52. The number of aryl methyl sites for hydroxylation is 1. The highest BCUT2D eigenvalue weighted by Gasteiger charge is 2.35. The molecule has 1 aromatic carbocycles. The van der Waals surface area contributed by atoms with Crippen LogP contribution in [-0.2, 0) is 6.54 Å². The lowest BCUT2D eigenvalue weighted by atomic mass is 9.87. The number of aromatic nitrogens is 3. The Kier molecular flexibility index (Phi) is 3.94. The second kappa shape index (κ2) is 5.90. The number of nitrogens with zero attached hydrogens (tertiary/aromatic N) is 2. The third kappa shape index (κ3) is 2.99. The predicted octanol–water partition coefficient (Wildman–Crippen LogP) is 4.77. The van der Waals surface area contributed by atoms with Crippen molar-refractivity contribution in [3.8, 4) is 0 Å². The van der Waals surface area contributed by atoms with Crippen molar-refractivity contribution >= 4 is 37.7 Å². The van der Waals surface area contributed by atoms with E-state index in [0.717, 1.165) is 26.5 Å². The molecule has 0 amide bonds. The number of pyridine rings is 1. The Labute approximate surface area is 151 Å². The Hall–Kier alpha value is -1.76. The van der Waals surface area contributed by atoms with Gasteiger partial charge in [-0.15, -0.1) is 0 Å². The number of H-pyrrole nitrogens is 1. The molecule has 1 N–H and O–H groups in total. The maximum Gasteiger partial charge on any atom is 0.259 e. The van der Waals surface area contributed by atoms with Gasteiger partial charge in [0.15, 0.2) is 0 Å². The summed E-state index contributed by atoms with van der Waals surface area (Å²) in [7, 11) is 0. The minimum atomic E-state index is -2.53. The van der Waals surface area contributed by atoms with E-state index in [-0.39, 0.29) is 24.3 Å². The summed E-state index contributed by atoms with van der Waals surface area (Å²) in [5.74, 6) is -2.37. The Morgan fingerprint density at radius 2 is 2.04 bits per heavy atom. The highest BCUT2D eigenvalue weighted by Crippen LogP contribution is 2.37. The molecule has 1 aliphatic rings. The fourth-order valence-electron chi connectivity index (χ4n) is 3.67. The molecule has 1 aliphatic carbocycles.